The highest BCUT2D eigenvalue weighted by Gasteiger charge is 1.96. The molecule has 0 heterocycles. The summed E-state index contributed by atoms with van der Waals surface area (Å²) in [5, 5.41) is 8.60. The SMILES string of the molecule is OCCSc1ccccc1I. The molecular weight excluding hydrogens is 271 g/mol. The van der Waals surface area contributed by atoms with E-state index in [1.54, 1.807) is 11.8 Å². The number of thioether (sulfide) groups is 1. The van der Waals surface area contributed by atoms with Crippen LogP contribution in [0.15, 0.2) is 29.2 Å². The molecule has 1 aromatic rings. The fourth-order valence-corrected chi connectivity index (χ4v) is 2.26. The van der Waals surface area contributed by atoms with Gasteiger partial charge < -0.3 is 5.11 Å². The molecule has 0 aliphatic rings. The van der Waals surface area contributed by atoms with E-state index in [1.807, 2.05) is 12.1 Å². The van der Waals surface area contributed by atoms with Crippen LogP contribution in [0.25, 0.3) is 0 Å². The highest BCUT2D eigenvalue weighted by molar-refractivity contribution is 14.1. The minimum absolute atomic E-state index is 0.246. The molecule has 11 heavy (non-hydrogen) atoms. The number of hydrogen-bond donors (Lipinski definition) is 1. The average molecular weight is 280 g/mol. The maximum Gasteiger partial charge on any atom is 0.0525 e. The summed E-state index contributed by atoms with van der Waals surface area (Å²) < 4.78 is 1.25. The number of aliphatic hydroxyl groups is 1. The summed E-state index contributed by atoms with van der Waals surface area (Å²) in [5.41, 5.74) is 0. The Balaban J connectivity index is 2.62. The van der Waals surface area contributed by atoms with E-state index >= 15 is 0 Å². The fourth-order valence-electron chi connectivity index (χ4n) is 0.717. The first-order chi connectivity index (χ1) is 5.34. The van der Waals surface area contributed by atoms with Crippen molar-refractivity contribution >= 4 is 34.4 Å². The molecule has 0 aliphatic heterocycles. The van der Waals surface area contributed by atoms with Gasteiger partial charge in [0.1, 0.15) is 0 Å². The standard InChI is InChI=1S/C8H9IOS/c9-7-3-1-2-4-8(7)11-6-5-10/h1-4,10H,5-6H2. The quantitative estimate of drug-likeness (QED) is 0.677. The molecule has 0 spiro atoms. The normalized spacial score (nSPS) is 10.0. The topological polar surface area (TPSA) is 20.2 Å². The molecule has 1 nitrogen and oxygen atoms in total. The molecule has 0 aromatic heterocycles. The van der Waals surface area contributed by atoms with Crippen LogP contribution in [0.4, 0.5) is 0 Å². The van der Waals surface area contributed by atoms with Crippen molar-refractivity contribution in [3.05, 3.63) is 27.8 Å². The zero-order chi connectivity index (χ0) is 8.10. The smallest absolute Gasteiger partial charge is 0.0525 e. The Bertz CT molecular complexity index is 227. The Morgan fingerprint density at radius 3 is 2.73 bits per heavy atom. The summed E-state index contributed by atoms with van der Waals surface area (Å²) in [6.07, 6.45) is 0. The van der Waals surface area contributed by atoms with Crippen LogP contribution in [0.2, 0.25) is 0 Å². The molecule has 0 bridgehead atoms. The summed E-state index contributed by atoms with van der Waals surface area (Å²) in [7, 11) is 0. The number of hydrogen-bond acceptors (Lipinski definition) is 2. The van der Waals surface area contributed by atoms with Crippen LogP contribution in [0.5, 0.6) is 0 Å². The summed E-state index contributed by atoms with van der Waals surface area (Å²) in [6, 6.07) is 8.18. The molecule has 0 aliphatic carbocycles. The van der Waals surface area contributed by atoms with E-state index in [1.165, 1.54) is 8.47 Å². The summed E-state index contributed by atoms with van der Waals surface area (Å²) in [5.74, 6) is 0.778. The molecule has 0 fully saturated rings. The van der Waals surface area contributed by atoms with Gasteiger partial charge in [-0.3, -0.25) is 0 Å². The van der Waals surface area contributed by atoms with E-state index in [0.717, 1.165) is 5.75 Å². The minimum Gasteiger partial charge on any atom is -0.396 e. The predicted molar refractivity (Wildman–Crippen MR) is 57.0 cm³/mol. The van der Waals surface area contributed by atoms with Crippen LogP contribution in [0.3, 0.4) is 0 Å². The van der Waals surface area contributed by atoms with Crippen molar-refractivity contribution in [2.24, 2.45) is 0 Å². The van der Waals surface area contributed by atoms with E-state index in [0.29, 0.717) is 0 Å². The zero-order valence-electron chi connectivity index (χ0n) is 5.96. The van der Waals surface area contributed by atoms with Crippen molar-refractivity contribution in [2.75, 3.05) is 12.4 Å². The molecule has 3 heteroatoms. The molecule has 1 aromatic carbocycles. The fraction of sp³-hybridized carbons (Fsp3) is 0.250. The Labute approximate surface area is 84.3 Å². The Morgan fingerprint density at radius 2 is 2.09 bits per heavy atom. The second kappa shape index (κ2) is 5.00. The van der Waals surface area contributed by atoms with Crippen LogP contribution in [-0.4, -0.2) is 17.5 Å². The third-order valence-corrected chi connectivity index (χ3v) is 3.55. The largest absolute Gasteiger partial charge is 0.396 e. The second-order valence-corrected chi connectivity index (χ2v) is 4.30. The third kappa shape index (κ3) is 3.01. The molecule has 0 saturated carbocycles. The molecule has 0 atom stereocenters. The molecule has 1 N–H and O–H groups in total. The Hall–Kier alpha value is 0.260. The molecule has 0 unspecified atom stereocenters. The zero-order valence-corrected chi connectivity index (χ0v) is 8.93. The van der Waals surface area contributed by atoms with Crippen LogP contribution in [0.1, 0.15) is 0 Å². The van der Waals surface area contributed by atoms with E-state index in [-0.39, 0.29) is 6.61 Å². The van der Waals surface area contributed by atoms with Crippen LogP contribution in [-0.2, 0) is 0 Å². The first kappa shape index (κ1) is 9.35. The van der Waals surface area contributed by atoms with Crippen molar-refractivity contribution < 1.29 is 5.11 Å². The lowest BCUT2D eigenvalue weighted by molar-refractivity contribution is 0.322. The Morgan fingerprint density at radius 1 is 1.36 bits per heavy atom. The number of benzene rings is 1. The molecular formula is C8H9IOS. The number of aliphatic hydroxyl groups excluding tert-OH is 1. The van der Waals surface area contributed by atoms with Crippen LogP contribution >= 0.6 is 34.4 Å². The Kier molecular flexibility index (Phi) is 4.25. The first-order valence-electron chi connectivity index (χ1n) is 3.33. The maximum atomic E-state index is 8.60. The average Bonchev–Trinajstić information content (AvgIpc) is 2.03. The van der Waals surface area contributed by atoms with Crippen LogP contribution < -0.4 is 0 Å². The predicted octanol–water partition coefficient (Wildman–Crippen LogP) is 2.38. The van der Waals surface area contributed by atoms with Gasteiger partial charge in [-0.05, 0) is 34.7 Å². The second-order valence-electron chi connectivity index (χ2n) is 2.00. The molecule has 0 amide bonds. The monoisotopic (exact) mass is 280 g/mol. The van der Waals surface area contributed by atoms with E-state index in [9.17, 15) is 0 Å². The van der Waals surface area contributed by atoms with Gasteiger partial charge in [0, 0.05) is 14.2 Å². The van der Waals surface area contributed by atoms with Gasteiger partial charge in [-0.2, -0.15) is 0 Å². The van der Waals surface area contributed by atoms with Gasteiger partial charge in [-0.15, -0.1) is 11.8 Å². The van der Waals surface area contributed by atoms with Crippen molar-refractivity contribution in [1.82, 2.24) is 0 Å². The third-order valence-electron chi connectivity index (χ3n) is 1.19. The van der Waals surface area contributed by atoms with Gasteiger partial charge >= 0.3 is 0 Å². The van der Waals surface area contributed by atoms with Crippen LogP contribution in [0, 0.1) is 3.57 Å². The highest BCUT2D eigenvalue weighted by atomic mass is 127. The van der Waals surface area contributed by atoms with Crippen molar-refractivity contribution in [2.45, 2.75) is 4.90 Å². The van der Waals surface area contributed by atoms with Crippen molar-refractivity contribution in [1.29, 1.82) is 0 Å². The molecule has 60 valence electrons. The summed E-state index contributed by atoms with van der Waals surface area (Å²) >= 11 is 3.99. The van der Waals surface area contributed by atoms with E-state index in [2.05, 4.69) is 34.7 Å². The van der Waals surface area contributed by atoms with E-state index < -0.39 is 0 Å². The lowest BCUT2D eigenvalue weighted by atomic mass is 10.4. The number of halogens is 1. The van der Waals surface area contributed by atoms with Gasteiger partial charge in [-0.25, -0.2) is 0 Å². The van der Waals surface area contributed by atoms with Gasteiger partial charge in [0.05, 0.1) is 6.61 Å². The lowest BCUT2D eigenvalue weighted by Crippen LogP contribution is -1.86. The molecule has 0 saturated heterocycles. The highest BCUT2D eigenvalue weighted by Crippen LogP contribution is 2.23. The van der Waals surface area contributed by atoms with Gasteiger partial charge in [0.25, 0.3) is 0 Å². The number of rotatable bonds is 3. The molecule has 0 radical (unpaired) electrons. The van der Waals surface area contributed by atoms with Crippen molar-refractivity contribution in [3.63, 3.8) is 0 Å². The first-order valence-corrected chi connectivity index (χ1v) is 5.39. The maximum absolute atomic E-state index is 8.60. The van der Waals surface area contributed by atoms with Crippen molar-refractivity contribution in [3.8, 4) is 0 Å². The lowest BCUT2D eigenvalue weighted by Gasteiger charge is -2.00. The van der Waals surface area contributed by atoms with Gasteiger partial charge in [0.2, 0.25) is 0 Å². The minimum atomic E-state index is 0.246. The molecule has 1 rings (SSSR count). The van der Waals surface area contributed by atoms with E-state index in [4.69, 9.17) is 5.11 Å². The summed E-state index contributed by atoms with van der Waals surface area (Å²) in [6.45, 7) is 0.246. The van der Waals surface area contributed by atoms with Gasteiger partial charge in [-0.1, -0.05) is 12.1 Å². The van der Waals surface area contributed by atoms with Gasteiger partial charge in [0.15, 0.2) is 0 Å². The summed E-state index contributed by atoms with van der Waals surface area (Å²) in [4.78, 5) is 1.25.